The molecule has 0 saturated carbocycles. The first-order valence-corrected chi connectivity index (χ1v) is 23.7. The topological polar surface area (TPSA) is 78.9 Å². The van der Waals surface area contributed by atoms with Crippen molar-refractivity contribution in [1.29, 1.82) is 0 Å². The molecule has 0 fully saturated rings. The van der Waals surface area contributed by atoms with Gasteiger partial charge in [0.15, 0.2) is 6.10 Å². The van der Waals surface area contributed by atoms with Crippen LogP contribution in [0.1, 0.15) is 201 Å². The Labute approximate surface area is 362 Å². The Morgan fingerprint density at radius 2 is 0.678 bits per heavy atom. The molecule has 59 heavy (non-hydrogen) atoms. The fourth-order valence-electron chi connectivity index (χ4n) is 6.08. The van der Waals surface area contributed by atoms with Crippen molar-refractivity contribution in [3.8, 4) is 0 Å². The molecule has 6 nitrogen and oxygen atoms in total. The summed E-state index contributed by atoms with van der Waals surface area (Å²) in [5, 5.41) is 0. The smallest absolute Gasteiger partial charge is 0.306 e. The molecule has 0 rings (SSSR count). The highest BCUT2D eigenvalue weighted by Gasteiger charge is 2.19. The maximum atomic E-state index is 12.7. The van der Waals surface area contributed by atoms with Gasteiger partial charge in [0.2, 0.25) is 0 Å². The zero-order valence-electron chi connectivity index (χ0n) is 38.0. The standard InChI is InChI=1S/C53H86O6/c1-4-7-10-13-16-19-22-24-25-26-27-29-31-34-37-40-43-46-52(55)58-49-50(48-57-51(54)45-42-39-36-33-30-21-18-15-12-9-6-3)59-53(56)47-44-41-38-35-32-28-23-20-17-14-11-8-5-2/h7-8,10-11,16-17,19-20,24-25,27-29,32,34,37,50H,4-6,9,12-15,18,21-23,26,30-31,33,35-36,38-49H2,1-3H3/b10-7-,11-8-,19-16-,20-17-,25-24-,29-27-,32-28-,37-34-. The quantitative estimate of drug-likeness (QED) is 0.0265. The molecule has 0 aliphatic rings. The van der Waals surface area contributed by atoms with Crippen LogP contribution in [0.3, 0.4) is 0 Å². The normalized spacial score (nSPS) is 12.9. The van der Waals surface area contributed by atoms with E-state index in [0.29, 0.717) is 12.8 Å². The van der Waals surface area contributed by atoms with Crippen molar-refractivity contribution >= 4 is 17.9 Å². The Balaban J connectivity index is 4.52. The van der Waals surface area contributed by atoms with Gasteiger partial charge in [-0.05, 0) is 89.9 Å². The van der Waals surface area contributed by atoms with Crippen LogP contribution in [0.15, 0.2) is 97.2 Å². The number of hydrogen-bond acceptors (Lipinski definition) is 6. The van der Waals surface area contributed by atoms with E-state index >= 15 is 0 Å². The zero-order chi connectivity index (χ0) is 43.0. The van der Waals surface area contributed by atoms with Crippen LogP contribution in [0.25, 0.3) is 0 Å². The number of carbonyl (C=O) groups excluding carboxylic acids is 3. The highest BCUT2D eigenvalue weighted by atomic mass is 16.6. The fourth-order valence-corrected chi connectivity index (χ4v) is 6.08. The first kappa shape index (κ1) is 55.3. The van der Waals surface area contributed by atoms with Crippen LogP contribution in [-0.2, 0) is 28.6 Å². The van der Waals surface area contributed by atoms with E-state index in [2.05, 4.69) is 118 Å². The Morgan fingerprint density at radius 1 is 0.356 bits per heavy atom. The van der Waals surface area contributed by atoms with Gasteiger partial charge >= 0.3 is 17.9 Å². The molecule has 0 N–H and O–H groups in total. The summed E-state index contributed by atoms with van der Waals surface area (Å²) in [6, 6.07) is 0. The molecular formula is C53H86O6. The van der Waals surface area contributed by atoms with Gasteiger partial charge in [-0.2, -0.15) is 0 Å². The number of unbranched alkanes of at least 4 members (excludes halogenated alkanes) is 14. The molecule has 0 saturated heterocycles. The largest absolute Gasteiger partial charge is 0.462 e. The van der Waals surface area contributed by atoms with Crippen LogP contribution in [0, 0.1) is 0 Å². The molecule has 0 amide bonds. The summed E-state index contributed by atoms with van der Waals surface area (Å²) < 4.78 is 16.7. The molecule has 334 valence electrons. The van der Waals surface area contributed by atoms with E-state index in [9.17, 15) is 14.4 Å². The van der Waals surface area contributed by atoms with Crippen molar-refractivity contribution in [2.75, 3.05) is 13.2 Å². The minimum Gasteiger partial charge on any atom is -0.462 e. The van der Waals surface area contributed by atoms with Crippen LogP contribution in [0.5, 0.6) is 0 Å². The van der Waals surface area contributed by atoms with Crippen LogP contribution < -0.4 is 0 Å². The molecule has 6 heteroatoms. The van der Waals surface area contributed by atoms with Gasteiger partial charge in [-0.25, -0.2) is 0 Å². The summed E-state index contributed by atoms with van der Waals surface area (Å²) in [4.78, 5) is 37.8. The molecule has 0 aliphatic heterocycles. The first-order valence-electron chi connectivity index (χ1n) is 23.7. The van der Waals surface area contributed by atoms with E-state index in [-0.39, 0.29) is 44.0 Å². The van der Waals surface area contributed by atoms with Crippen LogP contribution in [0.4, 0.5) is 0 Å². The number of allylic oxidation sites excluding steroid dienone is 16. The number of esters is 3. The van der Waals surface area contributed by atoms with Gasteiger partial charge in [0.25, 0.3) is 0 Å². The molecule has 0 aliphatic carbocycles. The maximum absolute atomic E-state index is 12.7. The van der Waals surface area contributed by atoms with E-state index in [4.69, 9.17) is 14.2 Å². The average molecular weight is 819 g/mol. The van der Waals surface area contributed by atoms with Gasteiger partial charge < -0.3 is 14.2 Å². The molecule has 1 unspecified atom stereocenters. The van der Waals surface area contributed by atoms with Crippen LogP contribution >= 0.6 is 0 Å². The predicted octanol–water partition coefficient (Wildman–Crippen LogP) is 15.4. The molecule has 0 spiro atoms. The monoisotopic (exact) mass is 819 g/mol. The van der Waals surface area contributed by atoms with Gasteiger partial charge in [-0.3, -0.25) is 14.4 Å². The van der Waals surface area contributed by atoms with Gasteiger partial charge in [-0.1, -0.05) is 189 Å². The summed E-state index contributed by atoms with van der Waals surface area (Å²) >= 11 is 0. The lowest BCUT2D eigenvalue weighted by atomic mass is 10.1. The summed E-state index contributed by atoms with van der Waals surface area (Å²) in [6.45, 7) is 6.30. The second-order valence-electron chi connectivity index (χ2n) is 15.3. The Bertz CT molecular complexity index is 1220. The van der Waals surface area contributed by atoms with Crippen molar-refractivity contribution in [1.82, 2.24) is 0 Å². The van der Waals surface area contributed by atoms with Gasteiger partial charge in [0.05, 0.1) is 0 Å². The molecule has 0 bridgehead atoms. The predicted molar refractivity (Wildman–Crippen MR) is 251 cm³/mol. The number of ether oxygens (including phenoxy) is 3. The third-order valence-electron chi connectivity index (χ3n) is 9.58. The third kappa shape index (κ3) is 45.3. The lowest BCUT2D eigenvalue weighted by molar-refractivity contribution is -0.167. The lowest BCUT2D eigenvalue weighted by Gasteiger charge is -2.18. The Hall–Kier alpha value is -3.67. The number of hydrogen-bond donors (Lipinski definition) is 0. The minimum absolute atomic E-state index is 0.107. The van der Waals surface area contributed by atoms with E-state index in [1.165, 1.54) is 51.4 Å². The summed E-state index contributed by atoms with van der Waals surface area (Å²) in [5.74, 6) is -1.01. The second kappa shape index (κ2) is 47.0. The van der Waals surface area contributed by atoms with E-state index in [1.54, 1.807) is 0 Å². The van der Waals surface area contributed by atoms with Crippen molar-refractivity contribution in [3.63, 3.8) is 0 Å². The van der Waals surface area contributed by atoms with Crippen molar-refractivity contribution in [2.45, 2.75) is 207 Å². The molecule has 1 atom stereocenters. The summed E-state index contributed by atoms with van der Waals surface area (Å²) in [7, 11) is 0. The van der Waals surface area contributed by atoms with Gasteiger partial charge in [-0.15, -0.1) is 0 Å². The molecule has 0 aromatic carbocycles. The zero-order valence-corrected chi connectivity index (χ0v) is 38.0. The van der Waals surface area contributed by atoms with Gasteiger partial charge in [0.1, 0.15) is 13.2 Å². The van der Waals surface area contributed by atoms with Crippen LogP contribution in [0.2, 0.25) is 0 Å². The van der Waals surface area contributed by atoms with Crippen molar-refractivity contribution in [3.05, 3.63) is 97.2 Å². The highest BCUT2D eigenvalue weighted by molar-refractivity contribution is 5.71. The molecule has 0 aromatic heterocycles. The fraction of sp³-hybridized carbons (Fsp3) is 0.642. The second-order valence-corrected chi connectivity index (χ2v) is 15.3. The molecule has 0 heterocycles. The lowest BCUT2D eigenvalue weighted by Crippen LogP contribution is -2.30. The van der Waals surface area contributed by atoms with Gasteiger partial charge in [0, 0.05) is 19.3 Å². The van der Waals surface area contributed by atoms with E-state index in [0.717, 1.165) is 103 Å². The highest BCUT2D eigenvalue weighted by Crippen LogP contribution is 2.13. The SMILES string of the molecule is CC/C=C\C/C=C\C/C=C\C/C=C\C/C=C\CCCC(=O)OCC(COC(=O)CCCCCCCCCCCCC)OC(=O)CCCCC/C=C\C/C=C\C/C=C\CC. The Kier molecular flexibility index (Phi) is 44.1. The van der Waals surface area contributed by atoms with Crippen LogP contribution in [-0.4, -0.2) is 37.2 Å². The Morgan fingerprint density at radius 3 is 1.10 bits per heavy atom. The summed E-state index contributed by atoms with van der Waals surface area (Å²) in [5.41, 5.74) is 0. The molecular weight excluding hydrogens is 733 g/mol. The van der Waals surface area contributed by atoms with E-state index in [1.807, 2.05) is 0 Å². The number of carbonyl (C=O) groups is 3. The van der Waals surface area contributed by atoms with Crippen molar-refractivity contribution < 1.29 is 28.6 Å². The van der Waals surface area contributed by atoms with E-state index < -0.39 is 6.10 Å². The van der Waals surface area contributed by atoms with Crippen molar-refractivity contribution in [2.24, 2.45) is 0 Å². The molecule has 0 radical (unpaired) electrons. The average Bonchev–Trinajstić information content (AvgIpc) is 3.23. The molecule has 0 aromatic rings. The number of rotatable bonds is 41. The summed E-state index contributed by atoms with van der Waals surface area (Å²) in [6.07, 6.45) is 61.1. The third-order valence-corrected chi connectivity index (χ3v) is 9.58. The first-order chi connectivity index (χ1) is 29.0. The maximum Gasteiger partial charge on any atom is 0.306 e. The minimum atomic E-state index is -0.813.